The Labute approximate surface area is 183 Å². The van der Waals surface area contributed by atoms with Crippen molar-refractivity contribution in [1.29, 1.82) is 0 Å². The molecule has 162 valence electrons. The second-order valence-corrected chi connectivity index (χ2v) is 8.45. The van der Waals surface area contributed by atoms with Crippen LogP contribution in [0.4, 0.5) is 14.5 Å². The molecule has 1 fully saturated rings. The Morgan fingerprint density at radius 3 is 2.61 bits per heavy atom. The Morgan fingerprint density at radius 2 is 2.00 bits per heavy atom. The van der Waals surface area contributed by atoms with Crippen LogP contribution in [-0.2, 0) is 11.8 Å². The van der Waals surface area contributed by atoms with Crippen molar-refractivity contribution >= 4 is 23.2 Å². The fourth-order valence-electron chi connectivity index (χ4n) is 4.08. The molecule has 1 aliphatic rings. The highest BCUT2D eigenvalue weighted by Crippen LogP contribution is 2.46. The first-order valence-electron chi connectivity index (χ1n) is 10.0. The van der Waals surface area contributed by atoms with Gasteiger partial charge in [0.15, 0.2) is 0 Å². The summed E-state index contributed by atoms with van der Waals surface area (Å²) < 4.78 is 28.0. The summed E-state index contributed by atoms with van der Waals surface area (Å²) in [6, 6.07) is 12.3. The number of nitrogens with one attached hydrogen (secondary N) is 1. The Morgan fingerprint density at radius 1 is 1.26 bits per heavy atom. The van der Waals surface area contributed by atoms with Crippen LogP contribution < -0.4 is 5.32 Å². The van der Waals surface area contributed by atoms with Gasteiger partial charge in [0.2, 0.25) is 17.7 Å². The van der Waals surface area contributed by atoms with Gasteiger partial charge in [-0.1, -0.05) is 41.9 Å². The van der Waals surface area contributed by atoms with Crippen LogP contribution in [0.15, 0.2) is 42.5 Å². The topological polar surface area (TPSA) is 72.7 Å². The molecular weight excluding hydrogens is 424 g/mol. The summed E-state index contributed by atoms with van der Waals surface area (Å²) >= 11 is 6.07. The number of aryl methyl sites for hydroxylation is 2. The molecule has 2 atom stereocenters. The molecule has 1 saturated carbocycles. The highest BCUT2D eigenvalue weighted by Gasteiger charge is 2.45. The highest BCUT2D eigenvalue weighted by molar-refractivity contribution is 6.31. The second-order valence-electron chi connectivity index (χ2n) is 8.01. The third-order valence-electron chi connectivity index (χ3n) is 5.69. The molecule has 1 heterocycles. The number of tetrazole rings is 1. The molecule has 0 spiro atoms. The Balaban J connectivity index is 1.64. The van der Waals surface area contributed by atoms with Crippen molar-refractivity contribution < 1.29 is 13.6 Å². The minimum absolute atomic E-state index is 0.209. The van der Waals surface area contributed by atoms with Crippen LogP contribution in [-0.4, -0.2) is 32.0 Å². The number of hydrogen-bond acceptors (Lipinski definition) is 4. The van der Waals surface area contributed by atoms with E-state index in [1.54, 1.807) is 49.5 Å². The average molecular weight is 446 g/mol. The summed E-state index contributed by atoms with van der Waals surface area (Å²) in [6.07, 6.45) is -0.237. The van der Waals surface area contributed by atoms with Gasteiger partial charge in [0.05, 0.1) is 13.0 Å². The summed E-state index contributed by atoms with van der Waals surface area (Å²) in [5.41, 5.74) is 2.83. The van der Waals surface area contributed by atoms with Crippen molar-refractivity contribution in [2.24, 2.45) is 13.0 Å². The molecule has 1 aromatic heterocycles. The maximum Gasteiger partial charge on any atom is 0.248 e. The van der Waals surface area contributed by atoms with Crippen LogP contribution >= 0.6 is 11.6 Å². The van der Waals surface area contributed by atoms with Crippen molar-refractivity contribution in [2.45, 2.75) is 38.0 Å². The summed E-state index contributed by atoms with van der Waals surface area (Å²) in [6.45, 7) is 1.85. The number of aromatic nitrogens is 4. The van der Waals surface area contributed by atoms with Crippen molar-refractivity contribution in [2.75, 3.05) is 5.32 Å². The van der Waals surface area contributed by atoms with E-state index < -0.39 is 17.8 Å². The van der Waals surface area contributed by atoms with Gasteiger partial charge in [0.25, 0.3) is 0 Å². The number of rotatable bonds is 5. The Kier molecular flexibility index (Phi) is 5.75. The monoisotopic (exact) mass is 445 g/mol. The molecule has 0 bridgehead atoms. The number of carbonyl (C=O) groups is 1. The number of amides is 1. The minimum atomic E-state index is -2.75. The van der Waals surface area contributed by atoms with E-state index in [2.05, 4.69) is 20.7 Å². The average Bonchev–Trinajstić information content (AvgIpc) is 3.30. The number of benzene rings is 2. The van der Waals surface area contributed by atoms with E-state index in [1.165, 1.54) is 4.80 Å². The molecule has 1 aliphatic carbocycles. The van der Waals surface area contributed by atoms with Gasteiger partial charge in [-0.3, -0.25) is 4.79 Å². The van der Waals surface area contributed by atoms with Gasteiger partial charge in [-0.15, -0.1) is 10.2 Å². The first-order valence-corrected chi connectivity index (χ1v) is 10.4. The summed E-state index contributed by atoms with van der Waals surface area (Å²) in [7, 11) is 1.67. The molecule has 2 unspecified atom stereocenters. The van der Waals surface area contributed by atoms with Crippen LogP contribution in [0, 0.1) is 12.8 Å². The smallest absolute Gasteiger partial charge is 0.248 e. The molecule has 3 aromatic rings. The third-order valence-corrected chi connectivity index (χ3v) is 5.92. The Bertz CT molecular complexity index is 1100. The van der Waals surface area contributed by atoms with Crippen LogP contribution in [0.2, 0.25) is 5.02 Å². The zero-order chi connectivity index (χ0) is 22.2. The van der Waals surface area contributed by atoms with E-state index in [4.69, 9.17) is 11.6 Å². The van der Waals surface area contributed by atoms with Crippen molar-refractivity contribution in [3.05, 3.63) is 58.6 Å². The fourth-order valence-corrected chi connectivity index (χ4v) is 4.26. The van der Waals surface area contributed by atoms with Gasteiger partial charge in [-0.05, 0) is 47.7 Å². The van der Waals surface area contributed by atoms with Gasteiger partial charge >= 0.3 is 0 Å². The highest BCUT2D eigenvalue weighted by atomic mass is 35.5. The predicted molar refractivity (Wildman–Crippen MR) is 114 cm³/mol. The van der Waals surface area contributed by atoms with Gasteiger partial charge < -0.3 is 5.32 Å². The van der Waals surface area contributed by atoms with Crippen molar-refractivity contribution in [1.82, 2.24) is 20.2 Å². The fraction of sp³-hybridized carbons (Fsp3) is 0.364. The maximum absolute atomic E-state index is 14.0. The van der Waals surface area contributed by atoms with Gasteiger partial charge in [-0.25, -0.2) is 8.78 Å². The number of alkyl halides is 2. The SMILES string of the molecule is Cc1ccc(Cl)cc1NC(=O)C(c1ccc(-c2nnn(C)n2)cc1)C1CCC(F)(F)C1. The van der Waals surface area contributed by atoms with Crippen LogP contribution in [0.25, 0.3) is 11.4 Å². The van der Waals surface area contributed by atoms with Gasteiger partial charge in [-0.2, -0.15) is 4.80 Å². The van der Waals surface area contributed by atoms with Crippen LogP contribution in [0.5, 0.6) is 0 Å². The summed E-state index contributed by atoms with van der Waals surface area (Å²) in [5, 5.41) is 15.3. The number of carbonyl (C=O) groups excluding carboxylic acids is 1. The lowest BCUT2D eigenvalue weighted by atomic mass is 9.83. The maximum atomic E-state index is 14.0. The predicted octanol–water partition coefficient (Wildman–Crippen LogP) is 5.00. The minimum Gasteiger partial charge on any atom is -0.325 e. The van der Waals surface area contributed by atoms with Crippen LogP contribution in [0.1, 0.15) is 36.3 Å². The largest absolute Gasteiger partial charge is 0.325 e. The molecule has 0 aliphatic heterocycles. The molecule has 1 amide bonds. The number of nitrogens with zero attached hydrogens (tertiary/aromatic N) is 4. The molecule has 2 aromatic carbocycles. The molecule has 0 saturated heterocycles. The standard InChI is InChI=1S/C22H22ClF2N5O/c1-13-3-8-17(23)11-18(13)26-21(31)19(16-9-10-22(24,25)12-16)14-4-6-15(7-5-14)20-27-29-30(2)28-20/h3-8,11,16,19H,9-10,12H2,1-2H3,(H,26,31). The van der Waals surface area contributed by atoms with Gasteiger partial charge in [0, 0.05) is 29.1 Å². The first kappa shape index (κ1) is 21.4. The lowest BCUT2D eigenvalue weighted by Crippen LogP contribution is -2.27. The van der Waals surface area contributed by atoms with Crippen molar-refractivity contribution in [3.63, 3.8) is 0 Å². The van der Waals surface area contributed by atoms with E-state index in [-0.39, 0.29) is 25.2 Å². The van der Waals surface area contributed by atoms with Gasteiger partial charge in [0.1, 0.15) is 0 Å². The van der Waals surface area contributed by atoms with Crippen LogP contribution in [0.3, 0.4) is 0 Å². The third kappa shape index (κ3) is 4.74. The van der Waals surface area contributed by atoms with Crippen molar-refractivity contribution in [3.8, 4) is 11.4 Å². The first-order chi connectivity index (χ1) is 14.7. The molecule has 31 heavy (non-hydrogen) atoms. The molecule has 1 N–H and O–H groups in total. The van der Waals surface area contributed by atoms with E-state index >= 15 is 0 Å². The molecule has 9 heteroatoms. The Hall–Kier alpha value is -2.87. The normalized spacial score (nSPS) is 18.7. The number of anilines is 1. The lowest BCUT2D eigenvalue weighted by molar-refractivity contribution is -0.118. The molecule has 0 radical (unpaired) electrons. The van der Waals surface area contributed by atoms with E-state index in [0.717, 1.165) is 11.1 Å². The lowest BCUT2D eigenvalue weighted by Gasteiger charge is -2.24. The molecule has 4 rings (SSSR count). The van der Waals surface area contributed by atoms with E-state index in [9.17, 15) is 13.6 Å². The van der Waals surface area contributed by atoms with E-state index in [1.807, 2.05) is 6.92 Å². The quantitative estimate of drug-likeness (QED) is 0.600. The van der Waals surface area contributed by atoms with E-state index in [0.29, 0.717) is 22.1 Å². The number of hydrogen-bond donors (Lipinski definition) is 1. The summed E-state index contributed by atoms with van der Waals surface area (Å²) in [4.78, 5) is 14.7. The zero-order valence-electron chi connectivity index (χ0n) is 17.1. The number of halogens is 3. The summed E-state index contributed by atoms with van der Waals surface area (Å²) in [5.74, 6) is -3.79. The molecular formula is C22H22ClF2N5O. The molecule has 6 nitrogen and oxygen atoms in total. The zero-order valence-corrected chi connectivity index (χ0v) is 17.9. The second kappa shape index (κ2) is 8.34.